The summed E-state index contributed by atoms with van der Waals surface area (Å²) in [5, 5.41) is 0. The highest BCUT2D eigenvalue weighted by molar-refractivity contribution is 6.05. The molecule has 0 unspecified atom stereocenters. The number of furan rings is 1. The molecule has 1 aromatic heterocycles. The molecule has 3 aromatic rings. The molecule has 0 saturated carbocycles. The first-order chi connectivity index (χ1) is 16.9. The van der Waals surface area contributed by atoms with Gasteiger partial charge in [0.1, 0.15) is 28.6 Å². The van der Waals surface area contributed by atoms with Crippen molar-refractivity contribution < 1.29 is 28.2 Å². The summed E-state index contributed by atoms with van der Waals surface area (Å²) in [4.78, 5) is 12.5. The van der Waals surface area contributed by atoms with Gasteiger partial charge in [-0.2, -0.15) is 0 Å². The van der Waals surface area contributed by atoms with Crippen LogP contribution in [0.25, 0.3) is 12.2 Å². The number of benzene rings is 2. The summed E-state index contributed by atoms with van der Waals surface area (Å²) in [6.45, 7) is 4.52. The van der Waals surface area contributed by atoms with Crippen LogP contribution in [-0.4, -0.2) is 32.2 Å². The minimum atomic E-state index is -0.470. The van der Waals surface area contributed by atoms with Crippen molar-refractivity contribution in [2.45, 2.75) is 31.8 Å². The first-order valence-corrected chi connectivity index (χ1v) is 11.6. The number of methoxy groups -OCH3 is 2. The molecule has 5 rings (SSSR count). The highest BCUT2D eigenvalue weighted by atomic mass is 16.5. The zero-order valence-electron chi connectivity index (χ0n) is 20.3. The lowest BCUT2D eigenvalue weighted by molar-refractivity contribution is 0.102. The van der Waals surface area contributed by atoms with Gasteiger partial charge in [-0.1, -0.05) is 6.07 Å². The van der Waals surface area contributed by atoms with Gasteiger partial charge in [-0.15, -0.1) is 0 Å². The number of fused-ring (bicyclic) bond motifs is 3. The van der Waals surface area contributed by atoms with Gasteiger partial charge in [-0.3, -0.25) is 4.79 Å². The van der Waals surface area contributed by atoms with Crippen LogP contribution in [0.2, 0.25) is 0 Å². The number of carbonyl (C=O) groups is 1. The molecule has 0 aliphatic carbocycles. The van der Waals surface area contributed by atoms with E-state index in [1.54, 1.807) is 32.4 Å². The van der Waals surface area contributed by atoms with Crippen LogP contribution in [0.4, 0.5) is 0 Å². The SMILES string of the molecule is COc1ccc([C@@H]2COc3c(cc(/C=C/C(=O)c4ccco4)c4c3C=CC(C)(C)O4)C2)c(OC)c1. The fourth-order valence-electron chi connectivity index (χ4n) is 4.57. The Morgan fingerprint density at radius 3 is 2.71 bits per heavy atom. The Balaban J connectivity index is 1.54. The summed E-state index contributed by atoms with van der Waals surface area (Å²) in [7, 11) is 3.30. The van der Waals surface area contributed by atoms with E-state index >= 15 is 0 Å². The van der Waals surface area contributed by atoms with Crippen LogP contribution in [0.15, 0.2) is 59.2 Å². The van der Waals surface area contributed by atoms with Gasteiger partial charge < -0.3 is 23.4 Å². The normalized spacial score (nSPS) is 17.8. The van der Waals surface area contributed by atoms with Crippen molar-refractivity contribution in [2.24, 2.45) is 0 Å². The fraction of sp³-hybridized carbons (Fsp3) is 0.276. The van der Waals surface area contributed by atoms with E-state index in [2.05, 4.69) is 12.1 Å². The van der Waals surface area contributed by atoms with Crippen molar-refractivity contribution in [2.75, 3.05) is 20.8 Å². The Labute approximate surface area is 204 Å². The molecule has 0 amide bonds. The summed E-state index contributed by atoms with van der Waals surface area (Å²) in [6.07, 6.45) is 9.63. The van der Waals surface area contributed by atoms with Crippen molar-refractivity contribution in [3.8, 4) is 23.0 Å². The van der Waals surface area contributed by atoms with E-state index in [1.807, 2.05) is 38.1 Å². The van der Waals surface area contributed by atoms with Crippen molar-refractivity contribution in [1.29, 1.82) is 0 Å². The first kappa shape index (κ1) is 22.8. The molecule has 2 aliphatic heterocycles. The largest absolute Gasteiger partial charge is 0.497 e. The Morgan fingerprint density at radius 2 is 1.97 bits per heavy atom. The quantitative estimate of drug-likeness (QED) is 0.319. The van der Waals surface area contributed by atoms with Crippen molar-refractivity contribution in [3.05, 3.63) is 82.8 Å². The van der Waals surface area contributed by atoms with Gasteiger partial charge in [0.25, 0.3) is 0 Å². The van der Waals surface area contributed by atoms with E-state index < -0.39 is 5.60 Å². The van der Waals surface area contributed by atoms with Crippen LogP contribution < -0.4 is 18.9 Å². The molecule has 0 spiro atoms. The van der Waals surface area contributed by atoms with Gasteiger partial charge in [0.15, 0.2) is 5.76 Å². The highest BCUT2D eigenvalue weighted by Crippen LogP contribution is 2.46. The first-order valence-electron chi connectivity index (χ1n) is 11.6. The summed E-state index contributed by atoms with van der Waals surface area (Å²) in [6, 6.07) is 11.3. The Hall–Kier alpha value is -3.93. The summed E-state index contributed by atoms with van der Waals surface area (Å²) in [5.74, 6) is 3.25. The molecule has 2 aliphatic rings. The predicted octanol–water partition coefficient (Wildman–Crippen LogP) is 6.10. The number of ketones is 1. The minimum Gasteiger partial charge on any atom is -0.497 e. The lowest BCUT2D eigenvalue weighted by Crippen LogP contribution is -2.29. The van der Waals surface area contributed by atoms with Crippen LogP contribution in [-0.2, 0) is 6.42 Å². The number of carbonyl (C=O) groups excluding carboxylic acids is 1. The third-order valence-electron chi connectivity index (χ3n) is 6.34. The molecule has 0 fully saturated rings. The molecule has 6 heteroatoms. The van der Waals surface area contributed by atoms with Gasteiger partial charge in [-0.25, -0.2) is 0 Å². The third kappa shape index (κ3) is 4.44. The second-order valence-corrected chi connectivity index (χ2v) is 9.23. The maximum Gasteiger partial charge on any atom is 0.221 e. The zero-order chi connectivity index (χ0) is 24.6. The lowest BCUT2D eigenvalue weighted by Gasteiger charge is -2.34. The smallest absolute Gasteiger partial charge is 0.221 e. The average Bonchev–Trinajstić information content (AvgIpc) is 3.41. The van der Waals surface area contributed by atoms with Crippen molar-refractivity contribution >= 4 is 17.9 Å². The molecule has 0 N–H and O–H groups in total. The molecule has 35 heavy (non-hydrogen) atoms. The number of hydrogen-bond donors (Lipinski definition) is 0. The van der Waals surface area contributed by atoms with Gasteiger partial charge in [0.2, 0.25) is 5.78 Å². The predicted molar refractivity (Wildman–Crippen MR) is 134 cm³/mol. The van der Waals surface area contributed by atoms with Crippen LogP contribution in [0, 0.1) is 0 Å². The lowest BCUT2D eigenvalue weighted by atomic mass is 9.86. The Morgan fingerprint density at radius 1 is 1.11 bits per heavy atom. The number of rotatable bonds is 6. The Kier molecular flexibility index (Phi) is 5.89. The van der Waals surface area contributed by atoms with Crippen LogP contribution in [0.5, 0.6) is 23.0 Å². The average molecular weight is 473 g/mol. The minimum absolute atomic E-state index is 0.105. The fourth-order valence-corrected chi connectivity index (χ4v) is 4.57. The van der Waals surface area contributed by atoms with Crippen molar-refractivity contribution in [3.63, 3.8) is 0 Å². The number of allylic oxidation sites excluding steroid dienone is 1. The maximum absolute atomic E-state index is 12.5. The standard InChI is InChI=1S/C29H28O6/c1-29(2)12-11-23-27-19(14-18(28(23)35-29)7-10-24(30)25-6-5-13-33-25)15-20(17-34-27)22-9-8-21(31-3)16-26(22)32-4/h5-14,16,20H,15,17H2,1-4H3/b10-7+/t20-/m0/s1. The number of ether oxygens (including phenoxy) is 4. The van der Waals surface area contributed by atoms with E-state index in [1.165, 1.54) is 12.3 Å². The van der Waals surface area contributed by atoms with Gasteiger partial charge >= 0.3 is 0 Å². The van der Waals surface area contributed by atoms with Crippen LogP contribution in [0.3, 0.4) is 0 Å². The van der Waals surface area contributed by atoms with Gasteiger partial charge in [0, 0.05) is 23.1 Å². The van der Waals surface area contributed by atoms with Gasteiger partial charge in [0.05, 0.1) is 32.7 Å². The number of hydrogen-bond acceptors (Lipinski definition) is 6. The van der Waals surface area contributed by atoms with E-state index in [4.69, 9.17) is 23.4 Å². The molecule has 0 saturated heterocycles. The van der Waals surface area contributed by atoms with Gasteiger partial charge in [-0.05, 0) is 74.4 Å². The molecule has 0 radical (unpaired) electrons. The molecule has 1 atom stereocenters. The summed E-state index contributed by atoms with van der Waals surface area (Å²) < 4.78 is 28.9. The van der Waals surface area contributed by atoms with E-state index in [0.29, 0.717) is 18.1 Å². The second kappa shape index (κ2) is 9.02. The molecule has 180 valence electrons. The van der Waals surface area contributed by atoms with Crippen LogP contribution in [0.1, 0.15) is 52.6 Å². The molecule has 0 bridgehead atoms. The van der Waals surface area contributed by atoms with E-state index in [-0.39, 0.29) is 11.7 Å². The second-order valence-electron chi connectivity index (χ2n) is 9.23. The van der Waals surface area contributed by atoms with E-state index in [9.17, 15) is 4.79 Å². The Bertz CT molecular complexity index is 1310. The summed E-state index contributed by atoms with van der Waals surface area (Å²) in [5.41, 5.74) is 3.36. The molecule has 6 nitrogen and oxygen atoms in total. The molecular formula is C29H28O6. The molecular weight excluding hydrogens is 444 g/mol. The highest BCUT2D eigenvalue weighted by Gasteiger charge is 2.32. The van der Waals surface area contributed by atoms with Crippen molar-refractivity contribution in [1.82, 2.24) is 0 Å². The molecule has 3 heterocycles. The third-order valence-corrected chi connectivity index (χ3v) is 6.34. The maximum atomic E-state index is 12.5. The van der Waals surface area contributed by atoms with Crippen LogP contribution >= 0.6 is 0 Å². The zero-order valence-corrected chi connectivity index (χ0v) is 20.3. The van der Waals surface area contributed by atoms with E-state index in [0.717, 1.165) is 45.9 Å². The monoisotopic (exact) mass is 472 g/mol. The summed E-state index contributed by atoms with van der Waals surface area (Å²) >= 11 is 0. The molecule has 2 aromatic carbocycles. The topological polar surface area (TPSA) is 67.1 Å².